The van der Waals surface area contributed by atoms with E-state index in [0.717, 1.165) is 10.2 Å². The third kappa shape index (κ3) is 3.26. The van der Waals surface area contributed by atoms with E-state index in [-0.39, 0.29) is 12.7 Å². The predicted octanol–water partition coefficient (Wildman–Crippen LogP) is 2.14. The van der Waals surface area contributed by atoms with Crippen LogP contribution in [0.15, 0.2) is 45.7 Å². The van der Waals surface area contributed by atoms with Gasteiger partial charge in [0.15, 0.2) is 11.5 Å². The smallest absolute Gasteiger partial charge is 0.267 e. The summed E-state index contributed by atoms with van der Waals surface area (Å²) in [6.45, 7) is 3.49. The van der Waals surface area contributed by atoms with Crippen molar-refractivity contribution in [2.45, 2.75) is 19.9 Å². The second kappa shape index (κ2) is 6.60. The molecule has 4 rings (SSSR count). The quantitative estimate of drug-likeness (QED) is 0.751. The van der Waals surface area contributed by atoms with E-state index < -0.39 is 17.5 Å². The average Bonchev–Trinajstić information content (AvgIpc) is 3.29. The van der Waals surface area contributed by atoms with Crippen LogP contribution in [0.1, 0.15) is 18.7 Å². The number of carbonyl (C=O) groups is 1. The third-order valence-electron chi connectivity index (χ3n) is 4.11. The Morgan fingerprint density at radius 3 is 2.78 bits per heavy atom. The maximum Gasteiger partial charge on any atom is 0.267 e. The van der Waals surface area contributed by atoms with E-state index in [0.29, 0.717) is 22.9 Å². The minimum atomic E-state index is -0.850. The molecule has 3 heterocycles. The summed E-state index contributed by atoms with van der Waals surface area (Å²) in [5.41, 5.74) is 1.52. The second-order valence-corrected chi connectivity index (χ2v) is 6.07. The Balaban J connectivity index is 1.62. The molecule has 1 aliphatic rings. The molecule has 9 heteroatoms. The number of aromatic nitrogens is 3. The van der Waals surface area contributed by atoms with Crippen LogP contribution in [0, 0.1) is 6.92 Å². The zero-order valence-electron chi connectivity index (χ0n) is 14.6. The summed E-state index contributed by atoms with van der Waals surface area (Å²) in [6, 6.07) is 9.07. The van der Waals surface area contributed by atoms with E-state index in [1.165, 1.54) is 6.07 Å². The van der Waals surface area contributed by atoms with E-state index in [9.17, 15) is 9.59 Å². The van der Waals surface area contributed by atoms with E-state index >= 15 is 0 Å². The average molecular weight is 368 g/mol. The Morgan fingerprint density at radius 1 is 1.19 bits per heavy atom. The molecule has 0 radical (unpaired) electrons. The molecule has 1 amide bonds. The van der Waals surface area contributed by atoms with Crippen LogP contribution in [0.2, 0.25) is 0 Å². The summed E-state index contributed by atoms with van der Waals surface area (Å²) in [6.07, 6.45) is 0. The lowest BCUT2D eigenvalue weighted by Gasteiger charge is -2.14. The molecule has 3 aromatic rings. The summed E-state index contributed by atoms with van der Waals surface area (Å²) in [7, 11) is 0. The van der Waals surface area contributed by atoms with Crippen LogP contribution >= 0.6 is 0 Å². The Bertz CT molecular complexity index is 1070. The maximum absolute atomic E-state index is 12.4. The SMILES string of the molecule is Cc1cc(NC(=O)C(C)n2nc(-c3ccc4c(c3)OCO4)ccc2=O)on1. The first-order chi connectivity index (χ1) is 13.0. The van der Waals surface area contributed by atoms with Crippen molar-refractivity contribution in [3.63, 3.8) is 0 Å². The zero-order chi connectivity index (χ0) is 19.0. The molecule has 1 N–H and O–H groups in total. The van der Waals surface area contributed by atoms with Gasteiger partial charge in [-0.3, -0.25) is 14.9 Å². The molecule has 0 aliphatic carbocycles. The van der Waals surface area contributed by atoms with Gasteiger partial charge in [-0.25, -0.2) is 4.68 Å². The largest absolute Gasteiger partial charge is 0.454 e. The molecule has 2 aromatic heterocycles. The first-order valence-electron chi connectivity index (χ1n) is 8.25. The Morgan fingerprint density at radius 2 is 2.00 bits per heavy atom. The number of aryl methyl sites for hydroxylation is 1. The summed E-state index contributed by atoms with van der Waals surface area (Å²) in [5.74, 6) is 1.04. The molecule has 0 fully saturated rings. The van der Waals surface area contributed by atoms with Gasteiger partial charge in [0.2, 0.25) is 12.7 Å². The van der Waals surface area contributed by atoms with Crippen molar-refractivity contribution in [3.8, 4) is 22.8 Å². The van der Waals surface area contributed by atoms with Crippen molar-refractivity contribution in [2.75, 3.05) is 12.1 Å². The molecule has 0 saturated carbocycles. The number of ether oxygens (including phenoxy) is 2. The normalized spacial score (nSPS) is 13.4. The van der Waals surface area contributed by atoms with E-state index in [1.54, 1.807) is 38.1 Å². The number of carbonyl (C=O) groups excluding carboxylic acids is 1. The van der Waals surface area contributed by atoms with Crippen LogP contribution in [-0.2, 0) is 4.79 Å². The van der Waals surface area contributed by atoms with E-state index in [2.05, 4.69) is 15.6 Å². The molecule has 0 spiro atoms. The minimum absolute atomic E-state index is 0.171. The lowest BCUT2D eigenvalue weighted by Crippen LogP contribution is -2.33. The predicted molar refractivity (Wildman–Crippen MR) is 94.6 cm³/mol. The highest BCUT2D eigenvalue weighted by atomic mass is 16.7. The molecular formula is C18H16N4O5. The van der Waals surface area contributed by atoms with Crippen LogP contribution in [0.3, 0.4) is 0 Å². The highest BCUT2D eigenvalue weighted by Crippen LogP contribution is 2.35. The Hall–Kier alpha value is -3.62. The molecule has 0 bridgehead atoms. The second-order valence-electron chi connectivity index (χ2n) is 6.07. The number of fused-ring (bicyclic) bond motifs is 1. The minimum Gasteiger partial charge on any atom is -0.454 e. The number of nitrogens with zero attached hydrogens (tertiary/aromatic N) is 3. The molecule has 0 saturated heterocycles. The van der Waals surface area contributed by atoms with Crippen molar-refractivity contribution < 1.29 is 18.8 Å². The molecule has 1 aromatic carbocycles. The summed E-state index contributed by atoms with van der Waals surface area (Å²) in [4.78, 5) is 24.7. The zero-order valence-corrected chi connectivity index (χ0v) is 14.6. The van der Waals surface area contributed by atoms with Gasteiger partial charge in [-0.1, -0.05) is 5.16 Å². The third-order valence-corrected chi connectivity index (χ3v) is 4.11. The highest BCUT2D eigenvalue weighted by Gasteiger charge is 2.20. The lowest BCUT2D eigenvalue weighted by atomic mass is 10.1. The van der Waals surface area contributed by atoms with Crippen LogP contribution in [0.4, 0.5) is 5.88 Å². The fraction of sp³-hybridized carbons (Fsp3) is 0.222. The highest BCUT2D eigenvalue weighted by molar-refractivity contribution is 5.92. The molecule has 1 unspecified atom stereocenters. The molecular weight excluding hydrogens is 352 g/mol. The Kier molecular flexibility index (Phi) is 4.11. The number of anilines is 1. The maximum atomic E-state index is 12.4. The first-order valence-corrected chi connectivity index (χ1v) is 8.25. The molecule has 27 heavy (non-hydrogen) atoms. The molecule has 1 aliphatic heterocycles. The van der Waals surface area contributed by atoms with Crippen LogP contribution in [0.25, 0.3) is 11.3 Å². The summed E-state index contributed by atoms with van der Waals surface area (Å²) < 4.78 is 16.8. The number of nitrogens with one attached hydrogen (secondary N) is 1. The van der Waals surface area contributed by atoms with Gasteiger partial charge in [0, 0.05) is 17.7 Å². The van der Waals surface area contributed by atoms with Gasteiger partial charge in [0.05, 0.1) is 11.4 Å². The molecule has 9 nitrogen and oxygen atoms in total. The van der Waals surface area contributed by atoms with Crippen LogP contribution < -0.4 is 20.3 Å². The van der Waals surface area contributed by atoms with Gasteiger partial charge >= 0.3 is 0 Å². The van der Waals surface area contributed by atoms with Crippen molar-refractivity contribution in [1.29, 1.82) is 0 Å². The lowest BCUT2D eigenvalue weighted by molar-refractivity contribution is -0.119. The van der Waals surface area contributed by atoms with E-state index in [1.807, 2.05) is 6.07 Å². The van der Waals surface area contributed by atoms with Crippen molar-refractivity contribution in [2.24, 2.45) is 0 Å². The number of hydrogen-bond acceptors (Lipinski definition) is 7. The van der Waals surface area contributed by atoms with Gasteiger partial charge in [-0.15, -0.1) is 0 Å². The van der Waals surface area contributed by atoms with Gasteiger partial charge in [0.1, 0.15) is 6.04 Å². The van der Waals surface area contributed by atoms with Crippen molar-refractivity contribution in [3.05, 3.63) is 52.4 Å². The summed E-state index contributed by atoms with van der Waals surface area (Å²) >= 11 is 0. The number of rotatable bonds is 4. The first kappa shape index (κ1) is 16.8. The number of benzene rings is 1. The van der Waals surface area contributed by atoms with Crippen molar-refractivity contribution in [1.82, 2.24) is 14.9 Å². The van der Waals surface area contributed by atoms with Crippen LogP contribution in [-0.4, -0.2) is 27.6 Å². The summed E-state index contributed by atoms with van der Waals surface area (Å²) in [5, 5.41) is 10.6. The fourth-order valence-corrected chi connectivity index (χ4v) is 2.67. The van der Waals surface area contributed by atoms with Gasteiger partial charge in [-0.05, 0) is 38.1 Å². The van der Waals surface area contributed by atoms with Gasteiger partial charge < -0.3 is 14.0 Å². The fourth-order valence-electron chi connectivity index (χ4n) is 2.67. The number of amides is 1. The Labute approximate surface area is 153 Å². The van der Waals surface area contributed by atoms with Crippen molar-refractivity contribution >= 4 is 11.8 Å². The standard InChI is InChI=1S/C18H16N4O5/c1-10-7-16(27-21-10)19-18(24)11(2)22-17(23)6-4-13(20-22)12-3-5-14-15(8-12)26-9-25-14/h3-8,11H,9H2,1-2H3,(H,19,24). The molecule has 138 valence electrons. The molecule has 1 atom stereocenters. The topological polar surface area (TPSA) is 108 Å². The van der Waals surface area contributed by atoms with Gasteiger partial charge in [-0.2, -0.15) is 5.10 Å². The van der Waals surface area contributed by atoms with Gasteiger partial charge in [0.25, 0.3) is 11.5 Å². The van der Waals surface area contributed by atoms with Crippen LogP contribution in [0.5, 0.6) is 11.5 Å². The number of hydrogen-bond donors (Lipinski definition) is 1. The monoisotopic (exact) mass is 368 g/mol. The van der Waals surface area contributed by atoms with E-state index in [4.69, 9.17) is 14.0 Å².